The van der Waals surface area contributed by atoms with E-state index in [9.17, 15) is 4.39 Å². The third-order valence-corrected chi connectivity index (χ3v) is 5.45. The van der Waals surface area contributed by atoms with Crippen molar-refractivity contribution in [2.24, 2.45) is 10.7 Å². The fourth-order valence-corrected chi connectivity index (χ4v) is 3.96. The highest BCUT2D eigenvalue weighted by atomic mass is 19.1. The minimum Gasteiger partial charge on any atom is -0.401 e. The molecule has 5 heteroatoms. The Hall–Kier alpha value is -2.76. The summed E-state index contributed by atoms with van der Waals surface area (Å²) in [6, 6.07) is 15.3. The van der Waals surface area contributed by atoms with Crippen molar-refractivity contribution in [3.05, 3.63) is 88.4 Å². The molecule has 2 aromatic carbocycles. The zero-order chi connectivity index (χ0) is 20.2. The van der Waals surface area contributed by atoms with Gasteiger partial charge in [0.2, 0.25) is 0 Å². The van der Waals surface area contributed by atoms with Crippen molar-refractivity contribution in [2.75, 3.05) is 33.2 Å². The van der Waals surface area contributed by atoms with Crippen LogP contribution in [0, 0.1) is 5.82 Å². The molecule has 2 aliphatic rings. The lowest BCUT2D eigenvalue weighted by atomic mass is 9.98. The maximum absolute atomic E-state index is 14.6. The molecule has 3 N–H and O–H groups in total. The SMILES string of the molecule is CN1CC(N)=C(C(=NCc2cccc(C3=CCNCC3)c2)c2ccccc2F)C1. The molecule has 0 amide bonds. The first-order valence-electron chi connectivity index (χ1n) is 10.1. The van der Waals surface area contributed by atoms with Crippen molar-refractivity contribution in [2.45, 2.75) is 13.0 Å². The van der Waals surface area contributed by atoms with E-state index in [1.54, 1.807) is 12.1 Å². The van der Waals surface area contributed by atoms with Crippen LogP contribution in [0.4, 0.5) is 4.39 Å². The number of nitrogens with one attached hydrogen (secondary N) is 1. The van der Waals surface area contributed by atoms with Gasteiger partial charge in [-0.1, -0.05) is 36.4 Å². The monoisotopic (exact) mass is 390 g/mol. The number of hydrogen-bond acceptors (Lipinski definition) is 4. The molecule has 29 heavy (non-hydrogen) atoms. The van der Waals surface area contributed by atoms with Crippen LogP contribution >= 0.6 is 0 Å². The minimum absolute atomic E-state index is 0.269. The third-order valence-electron chi connectivity index (χ3n) is 5.45. The van der Waals surface area contributed by atoms with Crippen molar-refractivity contribution in [3.63, 3.8) is 0 Å². The Morgan fingerprint density at radius 1 is 1.17 bits per heavy atom. The van der Waals surface area contributed by atoms with Gasteiger partial charge in [-0.3, -0.25) is 9.89 Å². The number of likely N-dealkylation sites (N-methyl/N-ethyl adjacent to an activating group) is 1. The number of nitrogens with two attached hydrogens (primary N) is 1. The predicted molar refractivity (Wildman–Crippen MR) is 117 cm³/mol. The molecule has 0 atom stereocenters. The number of nitrogens with zero attached hydrogens (tertiary/aromatic N) is 2. The quantitative estimate of drug-likeness (QED) is 0.770. The van der Waals surface area contributed by atoms with E-state index in [1.807, 2.05) is 13.1 Å². The Balaban J connectivity index is 1.66. The summed E-state index contributed by atoms with van der Waals surface area (Å²) >= 11 is 0. The molecule has 4 nitrogen and oxygen atoms in total. The van der Waals surface area contributed by atoms with Crippen molar-refractivity contribution in [1.29, 1.82) is 0 Å². The molecule has 0 radical (unpaired) electrons. The van der Waals surface area contributed by atoms with Gasteiger partial charge in [0, 0.05) is 36.5 Å². The van der Waals surface area contributed by atoms with E-state index in [0.29, 0.717) is 30.9 Å². The van der Waals surface area contributed by atoms with E-state index in [1.165, 1.54) is 17.2 Å². The van der Waals surface area contributed by atoms with Crippen molar-refractivity contribution in [3.8, 4) is 0 Å². The first-order chi connectivity index (χ1) is 14.1. The summed E-state index contributed by atoms with van der Waals surface area (Å²) < 4.78 is 14.6. The van der Waals surface area contributed by atoms with Gasteiger partial charge in [0.25, 0.3) is 0 Å². The number of benzene rings is 2. The molecular formula is C24H27FN4. The predicted octanol–water partition coefficient (Wildman–Crippen LogP) is 3.35. The highest BCUT2D eigenvalue weighted by molar-refractivity contribution is 6.13. The number of aliphatic imine (C=N–C) groups is 1. The second-order valence-corrected chi connectivity index (χ2v) is 7.70. The van der Waals surface area contributed by atoms with Crippen LogP contribution in [0.3, 0.4) is 0 Å². The fraction of sp³-hybridized carbons (Fsp3) is 0.292. The molecule has 0 unspecified atom stereocenters. The molecule has 0 fully saturated rings. The highest BCUT2D eigenvalue weighted by Gasteiger charge is 2.23. The number of rotatable bonds is 5. The van der Waals surface area contributed by atoms with Gasteiger partial charge in [-0.2, -0.15) is 0 Å². The maximum Gasteiger partial charge on any atom is 0.132 e. The molecule has 2 aliphatic heterocycles. The number of halogens is 1. The van der Waals surface area contributed by atoms with Gasteiger partial charge in [0.15, 0.2) is 0 Å². The second kappa shape index (κ2) is 8.72. The van der Waals surface area contributed by atoms with Gasteiger partial charge in [-0.15, -0.1) is 0 Å². The van der Waals surface area contributed by atoms with Crippen LogP contribution < -0.4 is 11.1 Å². The van der Waals surface area contributed by atoms with Crippen molar-refractivity contribution < 1.29 is 4.39 Å². The smallest absolute Gasteiger partial charge is 0.132 e. The summed E-state index contributed by atoms with van der Waals surface area (Å²) in [7, 11) is 2.01. The van der Waals surface area contributed by atoms with Crippen LogP contribution in [-0.2, 0) is 6.54 Å². The van der Waals surface area contributed by atoms with E-state index in [-0.39, 0.29) is 5.82 Å². The summed E-state index contributed by atoms with van der Waals surface area (Å²) in [5, 5.41) is 3.35. The highest BCUT2D eigenvalue weighted by Crippen LogP contribution is 2.23. The minimum atomic E-state index is -0.269. The van der Waals surface area contributed by atoms with Crippen molar-refractivity contribution in [1.82, 2.24) is 10.2 Å². The molecule has 0 bridgehead atoms. The van der Waals surface area contributed by atoms with E-state index in [0.717, 1.165) is 36.3 Å². The van der Waals surface area contributed by atoms with Crippen molar-refractivity contribution >= 4 is 11.3 Å². The summed E-state index contributed by atoms with van der Waals surface area (Å²) in [6.07, 6.45) is 3.28. The molecule has 0 spiro atoms. The van der Waals surface area contributed by atoms with Crippen LogP contribution in [0.15, 0.2) is 70.9 Å². The van der Waals surface area contributed by atoms with E-state index in [4.69, 9.17) is 10.7 Å². The van der Waals surface area contributed by atoms with Gasteiger partial charge < -0.3 is 11.1 Å². The average molecular weight is 391 g/mol. The number of hydrogen-bond donors (Lipinski definition) is 2. The van der Waals surface area contributed by atoms with Gasteiger partial charge >= 0.3 is 0 Å². The normalized spacial score (nSPS) is 18.3. The Morgan fingerprint density at radius 2 is 2.03 bits per heavy atom. The maximum atomic E-state index is 14.6. The Labute approximate surface area is 171 Å². The Bertz CT molecular complexity index is 990. The van der Waals surface area contributed by atoms with E-state index >= 15 is 0 Å². The lowest BCUT2D eigenvalue weighted by molar-refractivity contribution is 0.426. The topological polar surface area (TPSA) is 53.6 Å². The zero-order valence-corrected chi connectivity index (χ0v) is 16.8. The molecular weight excluding hydrogens is 363 g/mol. The summed E-state index contributed by atoms with van der Waals surface area (Å²) in [6.45, 7) is 3.77. The van der Waals surface area contributed by atoms with Gasteiger partial charge in [-0.25, -0.2) is 4.39 Å². The average Bonchev–Trinajstić information content (AvgIpc) is 3.08. The molecule has 2 aromatic rings. The fourth-order valence-electron chi connectivity index (χ4n) is 3.96. The lowest BCUT2D eigenvalue weighted by Gasteiger charge is -2.15. The van der Waals surface area contributed by atoms with Crippen LogP contribution in [0.1, 0.15) is 23.1 Å². The molecule has 0 saturated carbocycles. The molecule has 4 rings (SSSR count). The summed E-state index contributed by atoms with van der Waals surface area (Å²) in [5.74, 6) is -0.269. The summed E-state index contributed by atoms with van der Waals surface area (Å²) in [4.78, 5) is 6.97. The summed E-state index contributed by atoms with van der Waals surface area (Å²) in [5.41, 5.74) is 12.9. The van der Waals surface area contributed by atoms with Crippen LogP contribution in [-0.4, -0.2) is 43.8 Å². The van der Waals surface area contributed by atoms with E-state index in [2.05, 4.69) is 40.6 Å². The lowest BCUT2D eigenvalue weighted by Crippen LogP contribution is -2.20. The third kappa shape index (κ3) is 4.47. The van der Waals surface area contributed by atoms with Gasteiger partial charge in [0.1, 0.15) is 5.82 Å². The molecule has 0 aliphatic carbocycles. The molecule has 0 saturated heterocycles. The van der Waals surface area contributed by atoms with Crippen LogP contribution in [0.2, 0.25) is 0 Å². The largest absolute Gasteiger partial charge is 0.401 e. The Kier molecular flexibility index (Phi) is 5.88. The first-order valence-corrected chi connectivity index (χ1v) is 10.1. The van der Waals surface area contributed by atoms with E-state index < -0.39 is 0 Å². The van der Waals surface area contributed by atoms with Gasteiger partial charge in [-0.05, 0) is 54.9 Å². The molecule has 2 heterocycles. The zero-order valence-electron chi connectivity index (χ0n) is 16.8. The van der Waals surface area contributed by atoms with Crippen LogP contribution in [0.5, 0.6) is 0 Å². The second-order valence-electron chi connectivity index (χ2n) is 7.70. The molecule has 150 valence electrons. The first kappa shape index (κ1) is 19.6. The van der Waals surface area contributed by atoms with Gasteiger partial charge in [0.05, 0.1) is 12.3 Å². The Morgan fingerprint density at radius 3 is 2.76 bits per heavy atom. The molecule has 0 aromatic heterocycles. The standard InChI is InChI=1S/C24H27FN4/c1-29-15-21(23(26)16-29)24(20-7-2-3-8-22(20)25)28-14-17-5-4-6-19(13-17)18-9-11-27-12-10-18/h2-9,13,27H,10-12,14-16,26H2,1H3. The van der Waals surface area contributed by atoms with Crippen LogP contribution in [0.25, 0.3) is 5.57 Å².